The standard InChI is InChI=1S/C23H26N4O2/c28-21-23(29-20-9-8-19(27(20)21)17-4-2-1-3-5-17)11-14-26(15-12-23)22-24-13-10-18(25-22)16-6-7-16/h1-5,10,13,16,19-20H,6-9,11-12,14-15H2/t19-,20?/m0/s1. The Morgan fingerprint density at radius 3 is 2.55 bits per heavy atom. The third-order valence-corrected chi connectivity index (χ3v) is 7.02. The molecule has 1 aliphatic carbocycles. The first-order valence-corrected chi connectivity index (χ1v) is 10.9. The number of fused-ring (bicyclic) bond motifs is 1. The van der Waals surface area contributed by atoms with E-state index in [1.807, 2.05) is 35.4 Å². The monoisotopic (exact) mass is 390 g/mol. The molecule has 1 aromatic heterocycles. The van der Waals surface area contributed by atoms with Crippen LogP contribution in [-0.4, -0.2) is 45.7 Å². The molecule has 1 spiro atoms. The van der Waals surface area contributed by atoms with Gasteiger partial charge >= 0.3 is 0 Å². The van der Waals surface area contributed by atoms with Crippen molar-refractivity contribution >= 4 is 11.9 Å². The van der Waals surface area contributed by atoms with Crippen molar-refractivity contribution in [1.29, 1.82) is 0 Å². The topological polar surface area (TPSA) is 58.6 Å². The summed E-state index contributed by atoms with van der Waals surface area (Å²) in [4.78, 5) is 27.0. The predicted octanol–water partition coefficient (Wildman–Crippen LogP) is 3.41. The lowest BCUT2D eigenvalue weighted by Crippen LogP contribution is -2.50. The maximum Gasteiger partial charge on any atom is 0.257 e. The Morgan fingerprint density at radius 2 is 1.79 bits per heavy atom. The molecule has 29 heavy (non-hydrogen) atoms. The van der Waals surface area contributed by atoms with Crippen LogP contribution in [0.15, 0.2) is 42.6 Å². The third kappa shape index (κ3) is 2.84. The molecule has 1 saturated carbocycles. The van der Waals surface area contributed by atoms with Gasteiger partial charge in [-0.2, -0.15) is 0 Å². The summed E-state index contributed by atoms with van der Waals surface area (Å²) in [6.45, 7) is 1.52. The largest absolute Gasteiger partial charge is 0.342 e. The molecule has 2 atom stereocenters. The van der Waals surface area contributed by atoms with E-state index < -0.39 is 5.60 Å². The second kappa shape index (κ2) is 6.52. The number of carbonyl (C=O) groups is 1. The van der Waals surface area contributed by atoms with Crippen molar-refractivity contribution in [1.82, 2.24) is 14.9 Å². The van der Waals surface area contributed by atoms with Crippen LogP contribution in [-0.2, 0) is 9.53 Å². The van der Waals surface area contributed by atoms with Crippen LogP contribution in [0.3, 0.4) is 0 Å². The zero-order valence-corrected chi connectivity index (χ0v) is 16.5. The summed E-state index contributed by atoms with van der Waals surface area (Å²) >= 11 is 0. The van der Waals surface area contributed by atoms with E-state index >= 15 is 0 Å². The van der Waals surface area contributed by atoms with Gasteiger partial charge in [-0.3, -0.25) is 4.79 Å². The van der Waals surface area contributed by atoms with E-state index in [1.54, 1.807) is 0 Å². The van der Waals surface area contributed by atoms with Crippen molar-refractivity contribution in [2.24, 2.45) is 0 Å². The molecule has 6 heteroatoms. The molecule has 0 N–H and O–H groups in total. The third-order valence-electron chi connectivity index (χ3n) is 7.02. The van der Waals surface area contributed by atoms with Gasteiger partial charge in [0.15, 0.2) is 5.60 Å². The molecule has 1 aromatic carbocycles. The normalized spacial score (nSPS) is 28.2. The summed E-state index contributed by atoms with van der Waals surface area (Å²) in [5.74, 6) is 1.60. The SMILES string of the molecule is O=C1N2C(CC[C@H]2c2ccccc2)OC12CCN(c1nccc(C3CC3)n1)CC2. The lowest BCUT2D eigenvalue weighted by atomic mass is 9.89. The number of carbonyl (C=O) groups excluding carboxylic acids is 1. The van der Waals surface area contributed by atoms with Crippen molar-refractivity contribution in [3.05, 3.63) is 53.9 Å². The zero-order valence-electron chi connectivity index (χ0n) is 16.5. The fraction of sp³-hybridized carbons (Fsp3) is 0.522. The van der Waals surface area contributed by atoms with E-state index in [4.69, 9.17) is 9.72 Å². The van der Waals surface area contributed by atoms with Gasteiger partial charge in [-0.1, -0.05) is 30.3 Å². The first-order valence-electron chi connectivity index (χ1n) is 10.9. The van der Waals surface area contributed by atoms with Crippen molar-refractivity contribution < 1.29 is 9.53 Å². The summed E-state index contributed by atoms with van der Waals surface area (Å²) in [5, 5.41) is 0. The lowest BCUT2D eigenvalue weighted by Gasteiger charge is -2.37. The van der Waals surface area contributed by atoms with E-state index in [0.29, 0.717) is 18.8 Å². The molecule has 4 fully saturated rings. The number of anilines is 1. The average molecular weight is 390 g/mol. The van der Waals surface area contributed by atoms with Crippen LogP contribution in [0.2, 0.25) is 0 Å². The number of piperidine rings is 1. The Labute approximate surface area is 170 Å². The minimum Gasteiger partial charge on any atom is -0.342 e. The van der Waals surface area contributed by atoms with Crippen molar-refractivity contribution in [3.8, 4) is 0 Å². The number of hydrogen-bond acceptors (Lipinski definition) is 5. The lowest BCUT2D eigenvalue weighted by molar-refractivity contribution is -0.140. The van der Waals surface area contributed by atoms with Gasteiger partial charge in [0.2, 0.25) is 5.95 Å². The Bertz CT molecular complexity index is 921. The van der Waals surface area contributed by atoms with Gasteiger partial charge in [0.1, 0.15) is 6.23 Å². The molecule has 6 rings (SSSR count). The van der Waals surface area contributed by atoms with Gasteiger partial charge in [0.25, 0.3) is 5.91 Å². The maximum atomic E-state index is 13.5. The molecular formula is C23H26N4O2. The first kappa shape index (κ1) is 17.4. The van der Waals surface area contributed by atoms with Crippen LogP contribution < -0.4 is 4.90 Å². The van der Waals surface area contributed by atoms with E-state index in [1.165, 1.54) is 18.4 Å². The summed E-state index contributed by atoms with van der Waals surface area (Å²) in [6, 6.07) is 12.5. The van der Waals surface area contributed by atoms with Crippen molar-refractivity contribution in [2.45, 2.75) is 62.3 Å². The van der Waals surface area contributed by atoms with Crippen LogP contribution in [0.1, 0.15) is 61.7 Å². The van der Waals surface area contributed by atoms with Gasteiger partial charge in [-0.25, -0.2) is 9.97 Å². The molecule has 1 unspecified atom stereocenters. The van der Waals surface area contributed by atoms with Crippen LogP contribution in [0.4, 0.5) is 5.95 Å². The zero-order chi connectivity index (χ0) is 19.4. The van der Waals surface area contributed by atoms with Crippen LogP contribution in [0.25, 0.3) is 0 Å². The number of ether oxygens (including phenoxy) is 1. The van der Waals surface area contributed by atoms with E-state index in [2.05, 4.69) is 22.0 Å². The number of aromatic nitrogens is 2. The molecular weight excluding hydrogens is 364 g/mol. The Hall–Kier alpha value is -2.47. The predicted molar refractivity (Wildman–Crippen MR) is 108 cm³/mol. The summed E-state index contributed by atoms with van der Waals surface area (Å²) in [5.41, 5.74) is 1.71. The molecule has 4 heterocycles. The minimum absolute atomic E-state index is 0.0753. The highest BCUT2D eigenvalue weighted by molar-refractivity contribution is 5.88. The molecule has 4 aliphatic rings. The number of rotatable bonds is 3. The maximum absolute atomic E-state index is 13.5. The fourth-order valence-electron chi connectivity index (χ4n) is 5.24. The number of benzene rings is 1. The Kier molecular flexibility index (Phi) is 3.91. The molecule has 150 valence electrons. The van der Waals surface area contributed by atoms with Crippen LogP contribution >= 0.6 is 0 Å². The number of hydrogen-bond donors (Lipinski definition) is 0. The second-order valence-electron chi connectivity index (χ2n) is 8.83. The summed E-state index contributed by atoms with van der Waals surface area (Å²) < 4.78 is 6.44. The summed E-state index contributed by atoms with van der Waals surface area (Å²) in [6.07, 6.45) is 7.58. The quantitative estimate of drug-likeness (QED) is 0.804. The highest BCUT2D eigenvalue weighted by atomic mass is 16.6. The van der Waals surface area contributed by atoms with Gasteiger partial charge in [-0.15, -0.1) is 0 Å². The molecule has 6 nitrogen and oxygen atoms in total. The van der Waals surface area contributed by atoms with Crippen molar-refractivity contribution in [2.75, 3.05) is 18.0 Å². The summed E-state index contributed by atoms with van der Waals surface area (Å²) in [7, 11) is 0. The van der Waals surface area contributed by atoms with Crippen molar-refractivity contribution in [3.63, 3.8) is 0 Å². The average Bonchev–Trinajstić information content (AvgIpc) is 3.50. The van der Waals surface area contributed by atoms with Gasteiger partial charge in [0, 0.05) is 43.7 Å². The molecule has 0 bridgehead atoms. The number of nitrogens with zero attached hydrogens (tertiary/aromatic N) is 4. The fourth-order valence-corrected chi connectivity index (χ4v) is 5.24. The Balaban J connectivity index is 1.19. The Morgan fingerprint density at radius 1 is 1.00 bits per heavy atom. The smallest absolute Gasteiger partial charge is 0.257 e. The molecule has 2 aromatic rings. The van der Waals surface area contributed by atoms with Gasteiger partial charge in [-0.05, 0) is 37.3 Å². The molecule has 3 aliphatic heterocycles. The van der Waals surface area contributed by atoms with E-state index in [-0.39, 0.29) is 18.2 Å². The first-order chi connectivity index (χ1) is 14.2. The highest BCUT2D eigenvalue weighted by Crippen LogP contribution is 2.47. The van der Waals surface area contributed by atoms with Crippen LogP contribution in [0.5, 0.6) is 0 Å². The second-order valence-corrected chi connectivity index (χ2v) is 8.83. The molecule has 3 saturated heterocycles. The minimum atomic E-state index is -0.664. The molecule has 0 radical (unpaired) electrons. The van der Waals surface area contributed by atoms with Gasteiger partial charge < -0.3 is 14.5 Å². The van der Waals surface area contributed by atoms with Crippen LogP contribution in [0, 0.1) is 0 Å². The highest BCUT2D eigenvalue weighted by Gasteiger charge is 2.58. The van der Waals surface area contributed by atoms with E-state index in [0.717, 1.165) is 37.6 Å². The van der Waals surface area contributed by atoms with E-state index in [9.17, 15) is 4.79 Å². The molecule has 1 amide bonds. The van der Waals surface area contributed by atoms with Gasteiger partial charge in [0.05, 0.1) is 6.04 Å². The number of amides is 1.